The first-order chi connectivity index (χ1) is 31.5. The van der Waals surface area contributed by atoms with Crippen LogP contribution in [0.3, 0.4) is 0 Å². The molecule has 11 rings (SSSR count). The summed E-state index contributed by atoms with van der Waals surface area (Å²) in [6, 6.07) is 22.2. The Balaban J connectivity index is 0.000000154. The lowest BCUT2D eigenvalue weighted by Crippen LogP contribution is -2.34. The smallest absolute Gasteiger partial charge is 0.225 e. The number of aliphatic hydroxyl groups excluding tert-OH is 2. The molecule has 0 bridgehead atoms. The summed E-state index contributed by atoms with van der Waals surface area (Å²) in [5.74, 6) is 2.31. The van der Waals surface area contributed by atoms with Crippen LogP contribution in [-0.2, 0) is 18.9 Å². The maximum absolute atomic E-state index is 10.6. The molecular formula is C45H46N10O10. The Bertz CT molecular complexity index is 3020. The fourth-order valence-electron chi connectivity index (χ4n) is 8.51. The molecule has 0 spiro atoms. The van der Waals surface area contributed by atoms with Crippen molar-refractivity contribution in [2.24, 2.45) is 0 Å². The number of hydrogen-bond acceptors (Lipinski definition) is 18. The van der Waals surface area contributed by atoms with Gasteiger partial charge in [0.05, 0.1) is 36.0 Å². The SMILES string of the molecule is COc1ncnc2c1ccn2[C@@H]1O[C@H](COc2ccc3ccc(N)nc3c2)[C@@H](O)[C@H]1O.COc1ncnc2c1ccn2[C@@H]1O[C@H](COc2ccc3ccc(N)nc3c2)[C@H]2OC(C)(C)O[C@H]21. The van der Waals surface area contributed by atoms with Crippen LogP contribution < -0.4 is 30.4 Å². The second kappa shape index (κ2) is 16.9. The highest BCUT2D eigenvalue weighted by Gasteiger charge is 2.56. The van der Waals surface area contributed by atoms with Gasteiger partial charge in [0.1, 0.15) is 96.9 Å². The van der Waals surface area contributed by atoms with Crippen LogP contribution in [0.2, 0.25) is 0 Å². The van der Waals surface area contributed by atoms with Crippen molar-refractivity contribution in [3.8, 4) is 23.3 Å². The zero-order valence-electron chi connectivity index (χ0n) is 35.7. The molecule has 0 aliphatic carbocycles. The highest BCUT2D eigenvalue weighted by atomic mass is 16.8. The van der Waals surface area contributed by atoms with Crippen LogP contribution >= 0.6 is 0 Å². The van der Waals surface area contributed by atoms with E-state index in [-0.39, 0.29) is 31.5 Å². The van der Waals surface area contributed by atoms with Gasteiger partial charge in [-0.15, -0.1) is 0 Å². The van der Waals surface area contributed by atoms with Crippen molar-refractivity contribution in [3.05, 3.63) is 97.8 Å². The molecule has 3 aliphatic heterocycles. The summed E-state index contributed by atoms with van der Waals surface area (Å²) in [6.07, 6.45) is 1.13. The Kier molecular flexibility index (Phi) is 10.9. The fraction of sp³-hybridized carbons (Fsp3) is 0.333. The fourth-order valence-corrected chi connectivity index (χ4v) is 8.51. The predicted octanol–water partition coefficient (Wildman–Crippen LogP) is 4.34. The number of nitrogen functional groups attached to an aromatic ring is 2. The van der Waals surface area contributed by atoms with Crippen molar-refractivity contribution in [3.63, 3.8) is 0 Å². The van der Waals surface area contributed by atoms with E-state index in [2.05, 4.69) is 29.9 Å². The number of benzene rings is 2. The van der Waals surface area contributed by atoms with E-state index in [0.29, 0.717) is 57.1 Å². The summed E-state index contributed by atoms with van der Waals surface area (Å²) in [5.41, 5.74) is 14.3. The third-order valence-electron chi connectivity index (χ3n) is 11.5. The molecule has 2 aromatic carbocycles. The molecule has 0 radical (unpaired) electrons. The van der Waals surface area contributed by atoms with Gasteiger partial charge in [-0.25, -0.2) is 29.9 Å². The van der Waals surface area contributed by atoms with Crippen LogP contribution in [0.1, 0.15) is 26.3 Å². The van der Waals surface area contributed by atoms with Crippen LogP contribution in [0, 0.1) is 0 Å². The predicted molar refractivity (Wildman–Crippen MR) is 235 cm³/mol. The van der Waals surface area contributed by atoms with Crippen LogP contribution in [0.4, 0.5) is 11.6 Å². The third-order valence-corrected chi connectivity index (χ3v) is 11.5. The van der Waals surface area contributed by atoms with Crippen molar-refractivity contribution in [2.45, 2.75) is 68.7 Å². The minimum Gasteiger partial charge on any atom is -0.491 e. The number of fused-ring (bicyclic) bond motifs is 5. The highest BCUT2D eigenvalue weighted by Crippen LogP contribution is 2.44. The largest absolute Gasteiger partial charge is 0.491 e. The number of anilines is 2. The maximum Gasteiger partial charge on any atom is 0.225 e. The first-order valence-electron chi connectivity index (χ1n) is 20.8. The van der Waals surface area contributed by atoms with Crippen LogP contribution in [0.5, 0.6) is 23.3 Å². The molecule has 9 heterocycles. The van der Waals surface area contributed by atoms with Crippen LogP contribution in [-0.4, -0.2) is 119 Å². The highest BCUT2D eigenvalue weighted by molar-refractivity contribution is 5.83. The molecule has 6 N–H and O–H groups in total. The quantitative estimate of drug-likeness (QED) is 0.149. The molecule has 0 amide bonds. The van der Waals surface area contributed by atoms with Crippen LogP contribution in [0.25, 0.3) is 43.9 Å². The zero-order chi connectivity index (χ0) is 45.0. The van der Waals surface area contributed by atoms with Crippen molar-refractivity contribution < 1.29 is 48.1 Å². The molecule has 20 nitrogen and oxygen atoms in total. The molecule has 336 valence electrons. The number of aliphatic hydroxyl groups is 2. The van der Waals surface area contributed by atoms with Gasteiger partial charge in [-0.2, -0.15) is 0 Å². The normalized spacial score (nSPS) is 24.6. The number of pyridine rings is 2. The van der Waals surface area contributed by atoms with Gasteiger partial charge in [-0.1, -0.05) is 0 Å². The van der Waals surface area contributed by atoms with Crippen molar-refractivity contribution in [2.75, 3.05) is 38.9 Å². The molecule has 8 atom stereocenters. The minimum absolute atomic E-state index is 0.0417. The van der Waals surface area contributed by atoms with E-state index < -0.39 is 36.6 Å². The minimum atomic E-state index is -1.16. The lowest BCUT2D eigenvalue weighted by molar-refractivity contribution is -0.198. The number of rotatable bonds is 10. The molecule has 20 heteroatoms. The Labute approximate surface area is 370 Å². The van der Waals surface area contributed by atoms with Gasteiger partial charge < -0.3 is 68.7 Å². The van der Waals surface area contributed by atoms with Gasteiger partial charge in [0.2, 0.25) is 11.8 Å². The number of hydrogen-bond donors (Lipinski definition) is 4. The molecule has 6 aromatic heterocycles. The first kappa shape index (κ1) is 42.0. The molecule has 3 aliphatic rings. The van der Waals surface area contributed by atoms with Crippen LogP contribution in [0.15, 0.2) is 97.8 Å². The van der Waals surface area contributed by atoms with Gasteiger partial charge in [0.25, 0.3) is 0 Å². The number of nitrogens with zero attached hydrogens (tertiary/aromatic N) is 8. The van der Waals surface area contributed by atoms with Gasteiger partial charge in [0, 0.05) is 35.3 Å². The summed E-state index contributed by atoms with van der Waals surface area (Å²) >= 11 is 0. The van der Waals surface area contributed by atoms with Gasteiger partial charge >= 0.3 is 0 Å². The Morgan fingerprint density at radius 3 is 1.66 bits per heavy atom. The summed E-state index contributed by atoms with van der Waals surface area (Å²) in [4.78, 5) is 25.6. The number of aromatic nitrogens is 8. The van der Waals surface area contributed by atoms with Gasteiger partial charge in [0.15, 0.2) is 18.2 Å². The topological polar surface area (TPSA) is 254 Å². The number of ether oxygens (including phenoxy) is 8. The molecule has 0 saturated carbocycles. The van der Waals surface area contributed by atoms with E-state index in [0.717, 1.165) is 21.7 Å². The standard InChI is InChI=1S/C24H25N5O5.C21H21N5O5/c1-24(2)33-19-17(11-31-14-6-4-13-5-7-18(25)28-16(13)10-14)32-23(20(19)34-24)29-9-8-15-21(29)26-12-27-22(15)30-3;1-29-20-13-6-7-26(19(13)23-10-24-20)21-18(28)17(27)15(31-21)9-30-12-4-2-11-3-5-16(22)25-14(11)8-12/h4-10,12,17,19-20,23H,11H2,1-3H3,(H2,25,28);2-8,10,15,17-18,21,27-28H,9H2,1H3,(H2,22,25)/t17-,19-,20-,23-;15-,17-,18-,21-/m11/s1. The van der Waals surface area contributed by atoms with E-state index >= 15 is 0 Å². The Morgan fingerprint density at radius 2 is 1.11 bits per heavy atom. The second-order valence-corrected chi connectivity index (χ2v) is 16.2. The van der Waals surface area contributed by atoms with Crippen molar-refractivity contribution in [1.82, 2.24) is 39.0 Å². The molecule has 0 unspecified atom stereocenters. The summed E-state index contributed by atoms with van der Waals surface area (Å²) in [5, 5.41) is 24.5. The van der Waals surface area contributed by atoms with E-state index in [1.807, 2.05) is 67.1 Å². The average molecular weight is 887 g/mol. The van der Waals surface area contributed by atoms with E-state index in [1.165, 1.54) is 19.8 Å². The van der Waals surface area contributed by atoms with Gasteiger partial charge in [-0.05, 0) is 74.5 Å². The van der Waals surface area contributed by atoms with E-state index in [1.54, 1.807) is 48.2 Å². The molecule has 65 heavy (non-hydrogen) atoms. The van der Waals surface area contributed by atoms with E-state index in [4.69, 9.17) is 49.4 Å². The second-order valence-electron chi connectivity index (χ2n) is 16.2. The average Bonchev–Trinajstić information content (AvgIpc) is 4.13. The Hall–Kier alpha value is -6.94. The summed E-state index contributed by atoms with van der Waals surface area (Å²) < 4.78 is 51.0. The lowest BCUT2D eigenvalue weighted by atomic mass is 10.1. The molecule has 8 aromatic rings. The van der Waals surface area contributed by atoms with E-state index in [9.17, 15) is 10.2 Å². The monoisotopic (exact) mass is 886 g/mol. The summed E-state index contributed by atoms with van der Waals surface area (Å²) in [6.45, 7) is 4.12. The molecular weight excluding hydrogens is 841 g/mol. The Morgan fingerprint density at radius 1 is 0.615 bits per heavy atom. The number of methoxy groups -OCH3 is 2. The summed E-state index contributed by atoms with van der Waals surface area (Å²) in [7, 11) is 3.11. The molecule has 3 saturated heterocycles. The zero-order valence-corrected chi connectivity index (χ0v) is 35.7. The lowest BCUT2D eigenvalue weighted by Gasteiger charge is -2.25. The number of nitrogens with two attached hydrogens (primary N) is 2. The van der Waals surface area contributed by atoms with Gasteiger partial charge in [-0.3, -0.25) is 0 Å². The first-order valence-corrected chi connectivity index (χ1v) is 20.8. The maximum atomic E-state index is 10.6. The third kappa shape index (κ3) is 8.00. The van der Waals surface area contributed by atoms with Crippen molar-refractivity contribution >= 4 is 55.5 Å². The molecule has 3 fully saturated rings. The van der Waals surface area contributed by atoms with Crippen molar-refractivity contribution in [1.29, 1.82) is 0 Å².